The fraction of sp³-hybridized carbons (Fsp3) is 0.524. The van der Waals surface area contributed by atoms with Crippen molar-refractivity contribution < 1.29 is 45.8 Å². The summed E-state index contributed by atoms with van der Waals surface area (Å²) in [4.78, 5) is 24.7. The fourth-order valence-corrected chi connectivity index (χ4v) is 8.84. The van der Waals surface area contributed by atoms with E-state index in [1.54, 1.807) is 0 Å². The number of hydrogen-bond acceptors (Lipinski definition) is 17. The SMILES string of the molecule is Nc1ncnc2c1ncn2[C@@H]1O[C@@H]2CO[P@@](=O)(S)O[C@H]3[C@H]4OC[C@]3(CO[P@@](=O)(S)O[C@@H]1[C@@H]2F)O[C@H]4n1cnc2c(N)ncnc21. The number of nitrogen functional groups attached to an aromatic ring is 2. The molecule has 4 bridgehead atoms. The lowest BCUT2D eigenvalue weighted by molar-refractivity contribution is -0.182. The molecule has 240 valence electrons. The van der Waals surface area contributed by atoms with Crippen molar-refractivity contribution >= 4 is 72.1 Å². The van der Waals surface area contributed by atoms with E-state index in [9.17, 15) is 9.13 Å². The van der Waals surface area contributed by atoms with E-state index in [2.05, 4.69) is 54.4 Å². The van der Waals surface area contributed by atoms with Crippen molar-refractivity contribution in [3.8, 4) is 0 Å². The molecule has 4 N–H and O–H groups in total. The maximum atomic E-state index is 15.9. The standard InChI is InChI=1S/C21H23FN10O9P2S2/c22-9-8-1-36-42(33,44)41-14-13-20(32-7-30-11-16(24)26-5-28-18(11)32)39-21(14,2-35-13)3-37-43(34,45)40-12(9)19(38-8)31-6-29-10-15(23)25-4-27-17(10)31/h4-9,12-14,19-20H,1-3H2,(H,33,44)(H,34,45)(H2,23,25,27)(H2,24,26,28)/t8-,9-,12-,13-,14+,19-,20-,21-,42-,43-/m1/s1. The highest BCUT2D eigenvalue weighted by Crippen LogP contribution is 2.63. The highest BCUT2D eigenvalue weighted by Gasteiger charge is 2.66. The van der Waals surface area contributed by atoms with Crippen molar-refractivity contribution in [2.75, 3.05) is 31.3 Å². The summed E-state index contributed by atoms with van der Waals surface area (Å²) in [6.45, 7) is -9.90. The van der Waals surface area contributed by atoms with Gasteiger partial charge in [-0.3, -0.25) is 27.2 Å². The monoisotopic (exact) mass is 704 g/mol. The molecule has 0 amide bonds. The Hall–Kier alpha value is -2.49. The molecule has 45 heavy (non-hydrogen) atoms. The molecule has 19 nitrogen and oxygen atoms in total. The molecule has 4 fully saturated rings. The second-order valence-electron chi connectivity index (χ2n) is 10.6. The van der Waals surface area contributed by atoms with E-state index in [1.807, 2.05) is 0 Å². The third kappa shape index (κ3) is 4.86. The maximum Gasteiger partial charge on any atom is 0.386 e. The van der Waals surface area contributed by atoms with Crippen LogP contribution in [-0.4, -0.2) is 95.0 Å². The molecule has 4 aromatic rings. The Morgan fingerprint density at radius 1 is 0.844 bits per heavy atom. The largest absolute Gasteiger partial charge is 0.386 e. The van der Waals surface area contributed by atoms with E-state index in [-0.39, 0.29) is 29.4 Å². The molecule has 0 spiro atoms. The summed E-state index contributed by atoms with van der Waals surface area (Å²) in [5, 5.41) is 0. The molecule has 8 rings (SSSR count). The first-order chi connectivity index (χ1) is 21.5. The Morgan fingerprint density at radius 2 is 1.47 bits per heavy atom. The van der Waals surface area contributed by atoms with Gasteiger partial charge in [-0.2, -0.15) is 0 Å². The van der Waals surface area contributed by atoms with Crippen LogP contribution in [0.4, 0.5) is 16.0 Å². The van der Waals surface area contributed by atoms with Gasteiger partial charge in [0, 0.05) is 0 Å². The first kappa shape index (κ1) is 29.9. The Labute approximate surface area is 261 Å². The smallest absolute Gasteiger partial charge is 0.382 e. The Bertz CT molecular complexity index is 1920. The van der Waals surface area contributed by atoms with Crippen molar-refractivity contribution in [1.82, 2.24) is 39.0 Å². The quantitative estimate of drug-likeness (QED) is 0.171. The number of ether oxygens (including phenoxy) is 3. The molecule has 0 unspecified atom stereocenters. The molecular formula is C21H23FN10O9P2S2. The molecule has 4 aliphatic heterocycles. The number of aromatic nitrogens is 8. The number of nitrogens with zero attached hydrogens (tertiary/aromatic N) is 8. The van der Waals surface area contributed by atoms with Crippen LogP contribution in [0.5, 0.6) is 0 Å². The highest BCUT2D eigenvalue weighted by atomic mass is 32.7. The van der Waals surface area contributed by atoms with Gasteiger partial charge in [0.25, 0.3) is 0 Å². The van der Waals surface area contributed by atoms with Crippen LogP contribution in [0, 0.1) is 0 Å². The predicted molar refractivity (Wildman–Crippen MR) is 156 cm³/mol. The van der Waals surface area contributed by atoms with Gasteiger partial charge >= 0.3 is 13.6 Å². The zero-order chi connectivity index (χ0) is 31.3. The lowest BCUT2D eigenvalue weighted by Gasteiger charge is -2.32. The lowest BCUT2D eigenvalue weighted by Crippen LogP contribution is -2.45. The maximum absolute atomic E-state index is 15.9. The van der Waals surface area contributed by atoms with Gasteiger partial charge in [0.15, 0.2) is 41.6 Å². The number of nitrogens with two attached hydrogens (primary N) is 2. The van der Waals surface area contributed by atoms with E-state index in [0.717, 1.165) is 0 Å². The molecule has 0 aromatic carbocycles. The average Bonchev–Trinajstić information content (AvgIpc) is 3.80. The highest BCUT2D eigenvalue weighted by molar-refractivity contribution is 8.44. The normalized spacial score (nSPS) is 40.3. The molecule has 0 aliphatic carbocycles. The number of imidazole rings is 2. The Kier molecular flexibility index (Phi) is 6.98. The fourth-order valence-electron chi connectivity index (χ4n) is 5.87. The zero-order valence-electron chi connectivity index (χ0n) is 22.5. The number of rotatable bonds is 2. The molecule has 4 saturated heterocycles. The Morgan fingerprint density at radius 3 is 2.13 bits per heavy atom. The van der Waals surface area contributed by atoms with Gasteiger partial charge in [-0.1, -0.05) is 24.5 Å². The summed E-state index contributed by atoms with van der Waals surface area (Å²) in [6.07, 6.45) is -4.12. The van der Waals surface area contributed by atoms with Crippen molar-refractivity contribution in [2.45, 2.75) is 48.6 Å². The summed E-state index contributed by atoms with van der Waals surface area (Å²) < 4.78 is 87.1. The zero-order valence-corrected chi connectivity index (χ0v) is 26.1. The average molecular weight is 705 g/mol. The van der Waals surface area contributed by atoms with E-state index in [1.165, 1.54) is 34.4 Å². The number of fused-ring (bicyclic) bond motifs is 4. The minimum atomic E-state index is -4.38. The van der Waals surface area contributed by atoms with Crippen LogP contribution in [0.1, 0.15) is 12.5 Å². The second kappa shape index (κ2) is 10.5. The minimum Gasteiger partial charge on any atom is -0.382 e. The van der Waals surface area contributed by atoms with Gasteiger partial charge in [0.05, 0.1) is 32.5 Å². The molecule has 4 aromatic heterocycles. The van der Waals surface area contributed by atoms with Crippen LogP contribution in [0.3, 0.4) is 0 Å². The number of hydrogen-bond donors (Lipinski definition) is 4. The van der Waals surface area contributed by atoms with Gasteiger partial charge in [-0.05, 0) is 0 Å². The summed E-state index contributed by atoms with van der Waals surface area (Å²) in [5.74, 6) is 0.218. The summed E-state index contributed by atoms with van der Waals surface area (Å²) in [7, 11) is 0. The van der Waals surface area contributed by atoms with E-state index in [4.69, 9.17) is 43.8 Å². The van der Waals surface area contributed by atoms with Crippen LogP contribution in [0.15, 0.2) is 25.3 Å². The molecule has 0 radical (unpaired) electrons. The minimum absolute atomic E-state index is 0.0739. The predicted octanol–water partition coefficient (Wildman–Crippen LogP) is 1.63. The van der Waals surface area contributed by atoms with Crippen molar-refractivity contribution in [1.29, 1.82) is 0 Å². The lowest BCUT2D eigenvalue weighted by atomic mass is 10.0. The summed E-state index contributed by atoms with van der Waals surface area (Å²) in [5.41, 5.74) is 11.4. The van der Waals surface area contributed by atoms with Gasteiger partial charge in [0.1, 0.15) is 53.7 Å². The molecule has 4 aliphatic rings. The third-order valence-corrected chi connectivity index (χ3v) is 11.1. The van der Waals surface area contributed by atoms with Crippen LogP contribution < -0.4 is 11.5 Å². The third-order valence-electron chi connectivity index (χ3n) is 7.94. The topological polar surface area (TPSA) is 238 Å². The number of halogens is 1. The molecule has 10 atom stereocenters. The van der Waals surface area contributed by atoms with Gasteiger partial charge in [-0.25, -0.2) is 43.4 Å². The van der Waals surface area contributed by atoms with E-state index >= 15 is 4.39 Å². The van der Waals surface area contributed by atoms with Crippen LogP contribution >= 0.6 is 38.1 Å². The number of alkyl halides is 1. The van der Waals surface area contributed by atoms with Crippen molar-refractivity contribution in [3.05, 3.63) is 25.3 Å². The van der Waals surface area contributed by atoms with E-state index < -0.39 is 75.5 Å². The first-order valence-electron chi connectivity index (χ1n) is 13.2. The van der Waals surface area contributed by atoms with Gasteiger partial charge in [-0.15, -0.1) is 0 Å². The van der Waals surface area contributed by atoms with Gasteiger partial charge in [0.2, 0.25) is 0 Å². The van der Waals surface area contributed by atoms with Crippen molar-refractivity contribution in [2.24, 2.45) is 0 Å². The van der Waals surface area contributed by atoms with Crippen LogP contribution in [-0.2, 0) is 41.4 Å². The molecule has 24 heteroatoms. The second-order valence-corrected chi connectivity index (χ2v) is 16.4. The first-order valence-corrected chi connectivity index (χ1v) is 18.6. The van der Waals surface area contributed by atoms with Crippen LogP contribution in [0.2, 0.25) is 0 Å². The molecule has 0 saturated carbocycles. The Balaban J connectivity index is 1.14. The summed E-state index contributed by atoms with van der Waals surface area (Å²) >= 11 is 8.28. The molecular weight excluding hydrogens is 681 g/mol. The number of anilines is 2. The van der Waals surface area contributed by atoms with Crippen molar-refractivity contribution in [3.63, 3.8) is 0 Å². The van der Waals surface area contributed by atoms with E-state index in [0.29, 0.717) is 11.2 Å². The number of thiol groups is 2. The summed E-state index contributed by atoms with van der Waals surface area (Å²) in [6, 6.07) is 0. The van der Waals surface area contributed by atoms with Gasteiger partial charge < -0.3 is 25.7 Å². The van der Waals surface area contributed by atoms with Crippen LogP contribution in [0.25, 0.3) is 22.3 Å². The molecule has 8 heterocycles.